The third-order valence-corrected chi connectivity index (χ3v) is 9.48. The fourth-order valence-corrected chi connectivity index (χ4v) is 6.87. The summed E-state index contributed by atoms with van der Waals surface area (Å²) in [4.78, 5) is 31.4. The van der Waals surface area contributed by atoms with E-state index in [2.05, 4.69) is 67.4 Å². The molecular weight excluding hydrogens is 639 g/mol. The predicted molar refractivity (Wildman–Crippen MR) is 192 cm³/mol. The van der Waals surface area contributed by atoms with Gasteiger partial charge in [-0.1, -0.05) is 45.0 Å². The molecule has 0 radical (unpaired) electrons. The van der Waals surface area contributed by atoms with E-state index in [1.54, 1.807) is 18.2 Å². The van der Waals surface area contributed by atoms with Crippen LogP contribution in [0.4, 0.5) is 5.95 Å². The van der Waals surface area contributed by atoms with Gasteiger partial charge >= 0.3 is 5.97 Å². The molecule has 1 aliphatic heterocycles. The van der Waals surface area contributed by atoms with Gasteiger partial charge in [0.15, 0.2) is 5.65 Å². The molecule has 1 fully saturated rings. The molecule has 0 bridgehead atoms. The minimum absolute atomic E-state index is 0.0178. The van der Waals surface area contributed by atoms with E-state index in [1.165, 1.54) is 17.6 Å². The van der Waals surface area contributed by atoms with Gasteiger partial charge in [-0.05, 0) is 74.0 Å². The number of fused-ring (bicyclic) bond motifs is 1. The van der Waals surface area contributed by atoms with Crippen LogP contribution in [0.1, 0.15) is 66.5 Å². The first-order valence-electron chi connectivity index (χ1n) is 16.5. The second-order valence-electron chi connectivity index (χ2n) is 13.5. The number of hydrogen-bond acceptors (Lipinski definition) is 10. The van der Waals surface area contributed by atoms with Gasteiger partial charge in [-0.2, -0.15) is 4.98 Å². The van der Waals surface area contributed by atoms with Crippen molar-refractivity contribution in [2.45, 2.75) is 76.5 Å². The topological polar surface area (TPSA) is 136 Å². The maximum absolute atomic E-state index is 11.5. The lowest BCUT2D eigenvalue weighted by molar-refractivity contribution is 0.0586. The van der Waals surface area contributed by atoms with Crippen LogP contribution < -0.4 is 14.8 Å². The van der Waals surface area contributed by atoms with Crippen LogP contribution in [0.2, 0.25) is 0 Å². The number of rotatable bonds is 12. The van der Waals surface area contributed by atoms with E-state index in [0.717, 1.165) is 57.0 Å². The van der Waals surface area contributed by atoms with Gasteiger partial charge in [0.2, 0.25) is 11.8 Å². The normalized spacial score (nSPS) is 15.4. The summed E-state index contributed by atoms with van der Waals surface area (Å²) >= 11 is 1.24. The van der Waals surface area contributed by atoms with Gasteiger partial charge in [-0.3, -0.25) is 9.71 Å². The summed E-state index contributed by atoms with van der Waals surface area (Å²) in [6.45, 7) is 12.2. The Morgan fingerprint density at radius 2 is 1.88 bits per heavy atom. The van der Waals surface area contributed by atoms with Crippen molar-refractivity contribution in [1.82, 2.24) is 29.8 Å². The molecule has 2 unspecified atom stereocenters. The zero-order valence-electron chi connectivity index (χ0n) is 28.8. The van der Waals surface area contributed by atoms with Crippen LogP contribution >= 0.6 is 11.9 Å². The summed E-state index contributed by atoms with van der Waals surface area (Å²) in [7, 11) is 2.04. The first kappa shape index (κ1) is 34.3. The maximum Gasteiger partial charge on any atom is 0.335 e. The van der Waals surface area contributed by atoms with Gasteiger partial charge in [0.05, 0.1) is 35.3 Å². The van der Waals surface area contributed by atoms with Crippen molar-refractivity contribution in [3.63, 3.8) is 0 Å². The highest BCUT2D eigenvalue weighted by atomic mass is 32.2. The number of aryl methyl sites for hydroxylation is 3. The Kier molecular flexibility index (Phi) is 10.2. The lowest BCUT2D eigenvalue weighted by Gasteiger charge is -2.24. The Balaban J connectivity index is 1.23. The fourth-order valence-electron chi connectivity index (χ4n) is 6.23. The molecule has 1 saturated heterocycles. The van der Waals surface area contributed by atoms with Crippen molar-refractivity contribution in [1.29, 1.82) is 0 Å². The highest BCUT2D eigenvalue weighted by molar-refractivity contribution is 8.00. The third-order valence-electron chi connectivity index (χ3n) is 8.70. The molecule has 0 spiro atoms. The molecule has 3 N–H and O–H groups in total. The smallest absolute Gasteiger partial charge is 0.335 e. The van der Waals surface area contributed by atoms with E-state index in [0.29, 0.717) is 31.6 Å². The number of nitrogens with zero attached hydrogens (tertiary/aromatic N) is 5. The number of ether oxygens (including phenoxy) is 2. The monoisotopic (exact) mass is 681 g/mol. The molecule has 11 nitrogen and oxygen atoms in total. The first-order valence-corrected chi connectivity index (χ1v) is 17.3. The molecule has 5 aromatic rings. The summed E-state index contributed by atoms with van der Waals surface area (Å²) in [5, 5.41) is 13.1. The van der Waals surface area contributed by atoms with Crippen LogP contribution in [0, 0.1) is 13.8 Å². The molecule has 49 heavy (non-hydrogen) atoms. The number of nitrogens with one attached hydrogen (secondary N) is 2. The third kappa shape index (κ3) is 8.04. The van der Waals surface area contributed by atoms with Gasteiger partial charge < -0.3 is 24.5 Å². The van der Waals surface area contributed by atoms with Gasteiger partial charge in [-0.25, -0.2) is 14.8 Å². The molecule has 2 atom stereocenters. The van der Waals surface area contributed by atoms with Crippen molar-refractivity contribution in [3.05, 3.63) is 88.9 Å². The Morgan fingerprint density at radius 3 is 2.59 bits per heavy atom. The molecule has 256 valence electrons. The van der Waals surface area contributed by atoms with Crippen molar-refractivity contribution >= 4 is 35.0 Å². The molecule has 4 heterocycles. The Bertz CT molecular complexity index is 1950. The summed E-state index contributed by atoms with van der Waals surface area (Å²) in [5.41, 5.74) is 7.87. The van der Waals surface area contributed by atoms with E-state index in [-0.39, 0.29) is 23.1 Å². The lowest BCUT2D eigenvalue weighted by Crippen LogP contribution is -2.44. The molecule has 0 saturated carbocycles. The van der Waals surface area contributed by atoms with Crippen molar-refractivity contribution < 1.29 is 19.4 Å². The van der Waals surface area contributed by atoms with E-state index in [9.17, 15) is 9.90 Å². The minimum atomic E-state index is -0.983. The van der Waals surface area contributed by atoms with Crippen molar-refractivity contribution in [2.24, 2.45) is 7.05 Å². The number of carboxylic acids is 1. The number of aromatic nitrogens is 5. The summed E-state index contributed by atoms with van der Waals surface area (Å²) in [6.07, 6.45) is 3.73. The van der Waals surface area contributed by atoms with E-state index >= 15 is 0 Å². The summed E-state index contributed by atoms with van der Waals surface area (Å²) < 4.78 is 17.9. The second-order valence-corrected chi connectivity index (χ2v) is 14.4. The van der Waals surface area contributed by atoms with Crippen LogP contribution in [0.25, 0.3) is 22.4 Å². The lowest BCUT2D eigenvalue weighted by atomic mass is 9.92. The van der Waals surface area contributed by atoms with E-state index in [1.807, 2.05) is 31.4 Å². The summed E-state index contributed by atoms with van der Waals surface area (Å²) in [5.74, 6) is -0.217. The molecular formula is C37H43N7O4S. The van der Waals surface area contributed by atoms with Crippen LogP contribution in [0.5, 0.6) is 5.88 Å². The average molecular weight is 682 g/mol. The maximum atomic E-state index is 11.5. The second kappa shape index (κ2) is 14.5. The standard InChI is InChI=1S/C37H43N7O4S/c1-22-10-7-11-23(2)33(22)27-18-32(42-36(41-27)43-49-26-13-8-12-24(16-26)35(45)46)48-21-29(30-14-9-15-47-30)39-20-25-19-38-28-17-31(37(3,4)5)44(6)34(28)40-25/h7-8,10-13,16-19,29-30,39H,9,14-15,20-21H2,1-6H3,(H,45,46)(H,41,42,43). The van der Waals surface area contributed by atoms with Crippen LogP contribution in [-0.2, 0) is 23.7 Å². The van der Waals surface area contributed by atoms with Crippen LogP contribution in [0.15, 0.2) is 65.7 Å². The van der Waals surface area contributed by atoms with Crippen molar-refractivity contribution in [2.75, 3.05) is 17.9 Å². The van der Waals surface area contributed by atoms with Gasteiger partial charge in [0.1, 0.15) is 12.1 Å². The Labute approximate surface area is 291 Å². The quantitative estimate of drug-likeness (QED) is 0.119. The number of benzene rings is 2. The largest absolute Gasteiger partial charge is 0.478 e. The molecule has 12 heteroatoms. The van der Waals surface area contributed by atoms with Gasteiger partial charge in [-0.15, -0.1) is 0 Å². The SMILES string of the molecule is Cc1cccc(C)c1-c1cc(OCC(NCc2cnc3cc(C(C)(C)C)n(C)c3n2)C2CCCO2)nc(NSc2cccc(C(=O)O)c2)n1. The fraction of sp³-hybridized carbons (Fsp3) is 0.378. The molecule has 0 amide bonds. The van der Waals surface area contributed by atoms with Gasteiger partial charge in [0.25, 0.3) is 0 Å². The highest BCUT2D eigenvalue weighted by Crippen LogP contribution is 2.31. The highest BCUT2D eigenvalue weighted by Gasteiger charge is 2.27. The zero-order valence-corrected chi connectivity index (χ0v) is 29.6. The zero-order chi connectivity index (χ0) is 34.7. The average Bonchev–Trinajstić information content (AvgIpc) is 3.72. The van der Waals surface area contributed by atoms with Crippen LogP contribution in [-0.4, -0.2) is 60.9 Å². The number of aromatic carboxylic acids is 1. The minimum Gasteiger partial charge on any atom is -0.478 e. The number of carboxylic acid groups (broad SMARTS) is 1. The van der Waals surface area contributed by atoms with Crippen LogP contribution in [0.3, 0.4) is 0 Å². The summed E-state index contributed by atoms with van der Waals surface area (Å²) in [6, 6.07) is 16.7. The number of anilines is 1. The Hall–Kier alpha value is -4.52. The molecule has 1 aliphatic rings. The molecule has 0 aliphatic carbocycles. The number of carbonyl (C=O) groups is 1. The number of hydrogen-bond donors (Lipinski definition) is 3. The van der Waals surface area contributed by atoms with Gasteiger partial charge in [0, 0.05) is 47.8 Å². The molecule has 3 aromatic heterocycles. The Morgan fingerprint density at radius 1 is 1.10 bits per heavy atom. The first-order chi connectivity index (χ1) is 23.5. The van der Waals surface area contributed by atoms with E-state index < -0.39 is 5.97 Å². The predicted octanol–water partition coefficient (Wildman–Crippen LogP) is 6.87. The van der Waals surface area contributed by atoms with Crippen molar-refractivity contribution in [3.8, 4) is 17.1 Å². The molecule has 6 rings (SSSR count). The molecule has 2 aromatic carbocycles. The van der Waals surface area contributed by atoms with E-state index in [4.69, 9.17) is 29.4 Å².